The molecule has 0 spiro atoms. The summed E-state index contributed by atoms with van der Waals surface area (Å²) in [7, 11) is 1.77. The maximum absolute atomic E-state index is 11.6. The molecule has 92 valence electrons. The highest BCUT2D eigenvalue weighted by Gasteiger charge is 2.23. The molecular weight excluding hydrogens is 206 g/mol. The van der Waals surface area contributed by atoms with Crippen LogP contribution in [-0.4, -0.2) is 48.9 Å². The molecular formula is C11H21N3O2. The van der Waals surface area contributed by atoms with Crippen LogP contribution in [0, 0.1) is 0 Å². The van der Waals surface area contributed by atoms with Gasteiger partial charge < -0.3 is 15.5 Å². The number of nitrogens with one attached hydrogen (secondary N) is 2. The third kappa shape index (κ3) is 3.48. The van der Waals surface area contributed by atoms with Gasteiger partial charge in [0.1, 0.15) is 0 Å². The second-order valence-corrected chi connectivity index (χ2v) is 4.30. The van der Waals surface area contributed by atoms with E-state index in [2.05, 4.69) is 10.6 Å². The van der Waals surface area contributed by atoms with Gasteiger partial charge in [0.05, 0.1) is 6.04 Å². The second kappa shape index (κ2) is 5.84. The van der Waals surface area contributed by atoms with Crippen LogP contribution in [-0.2, 0) is 9.59 Å². The Morgan fingerprint density at radius 3 is 2.31 bits per heavy atom. The van der Waals surface area contributed by atoms with Crippen LogP contribution in [0.2, 0.25) is 0 Å². The smallest absolute Gasteiger partial charge is 0.237 e. The number of piperidine rings is 1. The Morgan fingerprint density at radius 1 is 1.31 bits per heavy atom. The first-order valence-corrected chi connectivity index (χ1v) is 5.77. The number of amides is 2. The minimum absolute atomic E-state index is 0.0313. The minimum atomic E-state index is -0.161. The van der Waals surface area contributed by atoms with Gasteiger partial charge in [-0.25, -0.2) is 0 Å². The Kier molecular flexibility index (Phi) is 4.73. The first-order valence-electron chi connectivity index (χ1n) is 5.77. The van der Waals surface area contributed by atoms with Crippen molar-refractivity contribution >= 4 is 11.8 Å². The molecule has 16 heavy (non-hydrogen) atoms. The second-order valence-electron chi connectivity index (χ2n) is 4.30. The van der Waals surface area contributed by atoms with Crippen molar-refractivity contribution in [2.75, 3.05) is 20.1 Å². The first-order chi connectivity index (χ1) is 7.54. The molecule has 2 N–H and O–H groups in total. The van der Waals surface area contributed by atoms with Gasteiger partial charge in [-0.1, -0.05) is 0 Å². The zero-order valence-corrected chi connectivity index (χ0v) is 10.2. The van der Waals surface area contributed by atoms with Crippen LogP contribution in [0.3, 0.4) is 0 Å². The summed E-state index contributed by atoms with van der Waals surface area (Å²) in [6, 6.07) is 0.0461. The van der Waals surface area contributed by atoms with Crippen molar-refractivity contribution in [3.63, 3.8) is 0 Å². The number of nitrogens with zero attached hydrogens (tertiary/aromatic N) is 1. The van der Waals surface area contributed by atoms with Crippen molar-refractivity contribution in [1.82, 2.24) is 15.5 Å². The van der Waals surface area contributed by atoms with E-state index in [4.69, 9.17) is 0 Å². The first kappa shape index (κ1) is 13.0. The normalized spacial score (nSPS) is 19.3. The molecule has 1 atom stereocenters. The molecule has 1 aliphatic heterocycles. The monoisotopic (exact) mass is 227 g/mol. The SMILES string of the molecule is CNC(C)C(=O)NC1CCN(C(C)=O)CC1. The highest BCUT2D eigenvalue weighted by atomic mass is 16.2. The summed E-state index contributed by atoms with van der Waals surface area (Å²) in [5, 5.41) is 5.89. The van der Waals surface area contributed by atoms with Gasteiger partial charge >= 0.3 is 0 Å². The predicted molar refractivity (Wildman–Crippen MR) is 61.9 cm³/mol. The number of carbonyl (C=O) groups is 2. The van der Waals surface area contributed by atoms with Crippen molar-refractivity contribution in [2.24, 2.45) is 0 Å². The van der Waals surface area contributed by atoms with Crippen LogP contribution in [0.4, 0.5) is 0 Å². The van der Waals surface area contributed by atoms with Crippen LogP contribution in [0.5, 0.6) is 0 Å². The quantitative estimate of drug-likeness (QED) is 0.697. The molecule has 5 nitrogen and oxygen atoms in total. The lowest BCUT2D eigenvalue weighted by atomic mass is 10.0. The van der Waals surface area contributed by atoms with E-state index in [1.807, 2.05) is 11.8 Å². The van der Waals surface area contributed by atoms with Gasteiger partial charge in [0.15, 0.2) is 0 Å². The molecule has 1 fully saturated rings. The van der Waals surface area contributed by atoms with E-state index in [1.165, 1.54) is 0 Å². The Bertz CT molecular complexity index is 260. The lowest BCUT2D eigenvalue weighted by Crippen LogP contribution is -2.50. The van der Waals surface area contributed by atoms with Crippen molar-refractivity contribution in [3.8, 4) is 0 Å². The fourth-order valence-electron chi connectivity index (χ4n) is 1.80. The van der Waals surface area contributed by atoms with Crippen molar-refractivity contribution in [2.45, 2.75) is 38.8 Å². The van der Waals surface area contributed by atoms with Crippen molar-refractivity contribution in [3.05, 3.63) is 0 Å². The number of likely N-dealkylation sites (N-methyl/N-ethyl adjacent to an activating group) is 1. The maximum Gasteiger partial charge on any atom is 0.237 e. The molecule has 2 amide bonds. The van der Waals surface area contributed by atoms with E-state index in [-0.39, 0.29) is 23.9 Å². The van der Waals surface area contributed by atoms with E-state index < -0.39 is 0 Å². The van der Waals surface area contributed by atoms with Gasteiger partial charge in [-0.3, -0.25) is 9.59 Å². The highest BCUT2D eigenvalue weighted by Crippen LogP contribution is 2.10. The molecule has 0 radical (unpaired) electrons. The maximum atomic E-state index is 11.6. The summed E-state index contributed by atoms with van der Waals surface area (Å²) >= 11 is 0. The van der Waals surface area contributed by atoms with Crippen LogP contribution in [0.25, 0.3) is 0 Å². The van der Waals surface area contributed by atoms with Gasteiger partial charge in [-0.15, -0.1) is 0 Å². The molecule has 0 aromatic carbocycles. The summed E-state index contributed by atoms with van der Waals surface area (Å²) < 4.78 is 0. The topological polar surface area (TPSA) is 61.4 Å². The third-order valence-electron chi connectivity index (χ3n) is 3.11. The molecule has 0 aromatic heterocycles. The Morgan fingerprint density at radius 2 is 1.88 bits per heavy atom. The summed E-state index contributed by atoms with van der Waals surface area (Å²) in [4.78, 5) is 24.5. The number of rotatable bonds is 3. The average Bonchev–Trinajstić information content (AvgIpc) is 2.28. The van der Waals surface area contributed by atoms with Crippen LogP contribution in [0.1, 0.15) is 26.7 Å². The average molecular weight is 227 g/mol. The number of hydrogen-bond acceptors (Lipinski definition) is 3. The molecule has 5 heteroatoms. The Labute approximate surface area is 96.6 Å². The molecule has 1 aliphatic rings. The zero-order chi connectivity index (χ0) is 12.1. The van der Waals surface area contributed by atoms with Crippen LogP contribution in [0.15, 0.2) is 0 Å². The van der Waals surface area contributed by atoms with Crippen molar-refractivity contribution in [1.29, 1.82) is 0 Å². The molecule has 1 saturated heterocycles. The number of hydrogen-bond donors (Lipinski definition) is 2. The molecule has 0 aromatic rings. The summed E-state index contributed by atoms with van der Waals surface area (Å²) in [5.41, 5.74) is 0. The molecule has 0 bridgehead atoms. The van der Waals surface area contributed by atoms with Crippen LogP contribution < -0.4 is 10.6 Å². The van der Waals surface area contributed by atoms with E-state index in [0.717, 1.165) is 25.9 Å². The minimum Gasteiger partial charge on any atom is -0.352 e. The molecule has 1 heterocycles. The Hall–Kier alpha value is -1.10. The predicted octanol–water partition coefficient (Wildman–Crippen LogP) is -0.279. The highest BCUT2D eigenvalue weighted by molar-refractivity contribution is 5.81. The third-order valence-corrected chi connectivity index (χ3v) is 3.11. The summed E-state index contributed by atoms with van der Waals surface area (Å²) in [6.07, 6.45) is 1.70. The fraction of sp³-hybridized carbons (Fsp3) is 0.818. The zero-order valence-electron chi connectivity index (χ0n) is 10.2. The van der Waals surface area contributed by atoms with Crippen molar-refractivity contribution < 1.29 is 9.59 Å². The molecule has 1 unspecified atom stereocenters. The largest absolute Gasteiger partial charge is 0.352 e. The van der Waals surface area contributed by atoms with E-state index in [1.54, 1.807) is 14.0 Å². The lowest BCUT2D eigenvalue weighted by molar-refractivity contribution is -0.130. The van der Waals surface area contributed by atoms with E-state index in [9.17, 15) is 9.59 Å². The molecule has 0 saturated carbocycles. The van der Waals surface area contributed by atoms with Gasteiger partial charge in [-0.05, 0) is 26.8 Å². The van der Waals surface area contributed by atoms with E-state index in [0.29, 0.717) is 0 Å². The number of likely N-dealkylation sites (tertiary alicyclic amines) is 1. The van der Waals surface area contributed by atoms with Gasteiger partial charge in [-0.2, -0.15) is 0 Å². The Balaban J connectivity index is 2.32. The van der Waals surface area contributed by atoms with Crippen LogP contribution >= 0.6 is 0 Å². The standard InChI is InChI=1S/C11H21N3O2/c1-8(12-3)11(16)13-10-4-6-14(7-5-10)9(2)15/h8,10,12H,4-7H2,1-3H3,(H,13,16). The number of carbonyl (C=O) groups excluding carboxylic acids is 2. The molecule has 0 aliphatic carbocycles. The molecule has 1 rings (SSSR count). The van der Waals surface area contributed by atoms with Gasteiger partial charge in [0, 0.05) is 26.1 Å². The lowest BCUT2D eigenvalue weighted by Gasteiger charge is -2.32. The van der Waals surface area contributed by atoms with Gasteiger partial charge in [0.2, 0.25) is 11.8 Å². The summed E-state index contributed by atoms with van der Waals surface area (Å²) in [6.45, 7) is 4.91. The summed E-state index contributed by atoms with van der Waals surface area (Å²) in [5.74, 6) is 0.150. The fourth-order valence-corrected chi connectivity index (χ4v) is 1.80. The van der Waals surface area contributed by atoms with E-state index >= 15 is 0 Å². The van der Waals surface area contributed by atoms with Gasteiger partial charge in [0.25, 0.3) is 0 Å².